The second-order valence-electron chi connectivity index (χ2n) is 6.07. The van der Waals surface area contributed by atoms with Crippen LogP contribution in [0.25, 0.3) is 6.08 Å². The monoisotopic (exact) mass is 431 g/mol. The first-order valence-electron chi connectivity index (χ1n) is 8.34. The highest BCUT2D eigenvalue weighted by atomic mass is 32.2. The molecule has 3 rings (SSSR count). The number of non-ortho nitro benzene ring substituents is 1. The van der Waals surface area contributed by atoms with Gasteiger partial charge in [-0.2, -0.15) is 0 Å². The summed E-state index contributed by atoms with van der Waals surface area (Å²) in [7, 11) is 0. The zero-order chi connectivity index (χ0) is 21.1. The minimum atomic E-state index is -0.892. The van der Waals surface area contributed by atoms with Crippen molar-refractivity contribution in [3.63, 3.8) is 0 Å². The van der Waals surface area contributed by atoms with Gasteiger partial charge in [-0.1, -0.05) is 36.1 Å². The number of amides is 2. The van der Waals surface area contributed by atoms with Crippen LogP contribution in [-0.2, 0) is 9.59 Å². The van der Waals surface area contributed by atoms with Crippen LogP contribution >= 0.6 is 24.0 Å². The molecule has 0 aromatic heterocycles. The normalized spacial score (nSPS) is 16.2. The van der Waals surface area contributed by atoms with E-state index in [1.165, 1.54) is 60.4 Å². The molecule has 0 bridgehead atoms. The Bertz CT molecular complexity index is 1020. The van der Waals surface area contributed by atoms with E-state index in [-0.39, 0.29) is 15.8 Å². The minimum absolute atomic E-state index is 0.0982. The van der Waals surface area contributed by atoms with Crippen molar-refractivity contribution in [1.29, 1.82) is 0 Å². The molecule has 29 heavy (non-hydrogen) atoms. The summed E-state index contributed by atoms with van der Waals surface area (Å²) in [6, 6.07) is 10.1. The molecule has 0 radical (unpaired) electrons. The maximum Gasteiger partial charge on any atom is 0.269 e. The van der Waals surface area contributed by atoms with Gasteiger partial charge in [0.15, 0.2) is 0 Å². The molecule has 2 aromatic carbocycles. The molecular weight excluding hydrogens is 417 g/mol. The molecule has 1 aliphatic heterocycles. The summed E-state index contributed by atoms with van der Waals surface area (Å²) >= 11 is 6.31. The van der Waals surface area contributed by atoms with E-state index >= 15 is 0 Å². The lowest BCUT2D eigenvalue weighted by Gasteiger charge is -2.22. The summed E-state index contributed by atoms with van der Waals surface area (Å²) in [5.74, 6) is -1.29. The van der Waals surface area contributed by atoms with Gasteiger partial charge in [0, 0.05) is 17.8 Å². The Labute approximate surface area is 174 Å². The van der Waals surface area contributed by atoms with Crippen LogP contribution in [0, 0.1) is 15.9 Å². The number of anilines is 1. The van der Waals surface area contributed by atoms with E-state index in [0.717, 1.165) is 11.8 Å². The smallest absolute Gasteiger partial charge is 0.269 e. The van der Waals surface area contributed by atoms with Gasteiger partial charge >= 0.3 is 0 Å². The molecule has 7 nitrogen and oxygen atoms in total. The Hall–Kier alpha value is -3.11. The highest BCUT2D eigenvalue weighted by molar-refractivity contribution is 8.26. The predicted molar refractivity (Wildman–Crippen MR) is 113 cm³/mol. The second kappa shape index (κ2) is 8.50. The van der Waals surface area contributed by atoms with E-state index in [4.69, 9.17) is 12.2 Å². The topological polar surface area (TPSA) is 92.5 Å². The molecule has 1 fully saturated rings. The van der Waals surface area contributed by atoms with Gasteiger partial charge in [0.05, 0.1) is 9.83 Å². The van der Waals surface area contributed by atoms with Crippen LogP contribution in [-0.4, -0.2) is 32.0 Å². The summed E-state index contributed by atoms with van der Waals surface area (Å²) in [4.78, 5) is 37.0. The van der Waals surface area contributed by atoms with E-state index in [2.05, 4.69) is 5.32 Å². The van der Waals surface area contributed by atoms with Crippen LogP contribution in [0.15, 0.2) is 53.4 Å². The lowest BCUT2D eigenvalue weighted by Crippen LogP contribution is -2.44. The van der Waals surface area contributed by atoms with Crippen molar-refractivity contribution in [2.45, 2.75) is 13.0 Å². The van der Waals surface area contributed by atoms with Crippen LogP contribution in [0.4, 0.5) is 15.8 Å². The number of halogens is 1. The number of nitro groups is 1. The maximum absolute atomic E-state index is 13.0. The average Bonchev–Trinajstić information content (AvgIpc) is 2.96. The third-order valence-electron chi connectivity index (χ3n) is 4.10. The fraction of sp³-hybridized carbons (Fsp3) is 0.105. The summed E-state index contributed by atoms with van der Waals surface area (Å²) in [5, 5.41) is 13.3. The molecule has 2 aromatic rings. The summed E-state index contributed by atoms with van der Waals surface area (Å²) in [6.07, 6.45) is 1.58. The SMILES string of the molecule is CC(C(=O)Nc1ccc([N+](=O)[O-])cc1)N1C(=O)/C(=C/c2ccc(F)cc2)SC1=S. The van der Waals surface area contributed by atoms with Gasteiger partial charge in [0.2, 0.25) is 5.91 Å². The first kappa shape index (κ1) is 20.6. The highest BCUT2D eigenvalue weighted by Crippen LogP contribution is 2.34. The number of carbonyl (C=O) groups is 2. The van der Waals surface area contributed by atoms with Crippen molar-refractivity contribution in [2.75, 3.05) is 5.32 Å². The van der Waals surface area contributed by atoms with Crippen molar-refractivity contribution >= 4 is 57.6 Å². The van der Waals surface area contributed by atoms with Crippen LogP contribution in [0.1, 0.15) is 12.5 Å². The van der Waals surface area contributed by atoms with Crippen molar-refractivity contribution in [1.82, 2.24) is 4.90 Å². The Kier molecular flexibility index (Phi) is 6.04. The molecule has 1 unspecified atom stereocenters. The zero-order valence-corrected chi connectivity index (χ0v) is 16.6. The molecule has 0 spiro atoms. The van der Waals surface area contributed by atoms with Crippen LogP contribution < -0.4 is 5.32 Å². The van der Waals surface area contributed by atoms with Crippen molar-refractivity contribution < 1.29 is 18.9 Å². The number of hydrogen-bond donors (Lipinski definition) is 1. The Balaban J connectivity index is 1.72. The maximum atomic E-state index is 13.0. The number of nitro benzene ring substituents is 1. The molecule has 1 heterocycles. The van der Waals surface area contributed by atoms with Crippen molar-refractivity contribution in [3.05, 3.63) is 74.9 Å². The van der Waals surface area contributed by atoms with Crippen molar-refractivity contribution in [3.8, 4) is 0 Å². The van der Waals surface area contributed by atoms with Gasteiger partial charge < -0.3 is 5.32 Å². The third kappa shape index (κ3) is 4.66. The number of benzene rings is 2. The molecule has 148 valence electrons. The second-order valence-corrected chi connectivity index (χ2v) is 7.75. The number of carbonyl (C=O) groups excluding carboxylic acids is 2. The number of thioether (sulfide) groups is 1. The summed E-state index contributed by atoms with van der Waals surface area (Å²) in [5.41, 5.74) is 0.897. The lowest BCUT2D eigenvalue weighted by molar-refractivity contribution is -0.384. The third-order valence-corrected chi connectivity index (χ3v) is 5.43. The molecule has 0 aliphatic carbocycles. The quantitative estimate of drug-likeness (QED) is 0.333. The highest BCUT2D eigenvalue weighted by Gasteiger charge is 2.38. The molecular formula is C19H14FN3O4S2. The van der Waals surface area contributed by atoms with Crippen LogP contribution in [0.5, 0.6) is 0 Å². The standard InChI is InChI=1S/C19H14FN3O4S2/c1-11(17(24)21-14-6-8-15(9-7-14)23(26)27)22-18(25)16(29-19(22)28)10-12-2-4-13(20)5-3-12/h2-11H,1H3,(H,21,24)/b16-10-. The number of nitrogens with zero attached hydrogens (tertiary/aromatic N) is 2. The van der Waals surface area contributed by atoms with Gasteiger partial charge in [-0.3, -0.25) is 24.6 Å². The van der Waals surface area contributed by atoms with Crippen molar-refractivity contribution in [2.24, 2.45) is 0 Å². The molecule has 1 aliphatic rings. The lowest BCUT2D eigenvalue weighted by atomic mass is 10.2. The average molecular weight is 431 g/mol. The van der Waals surface area contributed by atoms with Gasteiger partial charge in [0.25, 0.3) is 11.6 Å². The Morgan fingerprint density at radius 2 is 1.86 bits per heavy atom. The predicted octanol–water partition coefficient (Wildman–Crippen LogP) is 3.96. The van der Waals surface area contributed by atoms with E-state index in [0.29, 0.717) is 16.2 Å². The Morgan fingerprint density at radius 1 is 1.24 bits per heavy atom. The fourth-order valence-corrected chi connectivity index (χ4v) is 3.97. The number of thiocarbonyl (C=S) groups is 1. The van der Waals surface area contributed by atoms with Gasteiger partial charge in [-0.05, 0) is 42.8 Å². The van der Waals surface area contributed by atoms with Crippen LogP contribution in [0.2, 0.25) is 0 Å². The molecule has 1 saturated heterocycles. The van der Waals surface area contributed by atoms with Gasteiger partial charge in [-0.25, -0.2) is 4.39 Å². The fourth-order valence-electron chi connectivity index (χ4n) is 2.55. The number of hydrogen-bond acceptors (Lipinski definition) is 6. The number of rotatable bonds is 5. The Morgan fingerprint density at radius 3 is 2.45 bits per heavy atom. The number of nitrogens with one attached hydrogen (secondary N) is 1. The largest absolute Gasteiger partial charge is 0.324 e. The zero-order valence-electron chi connectivity index (χ0n) is 15.0. The first-order valence-corrected chi connectivity index (χ1v) is 9.56. The summed E-state index contributed by atoms with van der Waals surface area (Å²) in [6.45, 7) is 1.53. The molecule has 1 N–H and O–H groups in total. The van der Waals surface area contributed by atoms with Gasteiger partial charge in [0.1, 0.15) is 16.2 Å². The molecule has 1 atom stereocenters. The molecule has 2 amide bonds. The first-order chi connectivity index (χ1) is 13.8. The van der Waals surface area contributed by atoms with Crippen LogP contribution in [0.3, 0.4) is 0 Å². The van der Waals surface area contributed by atoms with Gasteiger partial charge in [-0.15, -0.1) is 0 Å². The van der Waals surface area contributed by atoms with E-state index in [1.807, 2.05) is 0 Å². The minimum Gasteiger partial charge on any atom is -0.324 e. The van der Waals surface area contributed by atoms with E-state index in [9.17, 15) is 24.1 Å². The van der Waals surface area contributed by atoms with E-state index in [1.54, 1.807) is 6.08 Å². The van der Waals surface area contributed by atoms with E-state index < -0.39 is 22.8 Å². The molecule has 0 saturated carbocycles. The molecule has 10 heteroatoms. The summed E-state index contributed by atoms with van der Waals surface area (Å²) < 4.78 is 13.3.